The van der Waals surface area contributed by atoms with Crippen molar-refractivity contribution in [2.24, 2.45) is 0 Å². The molecule has 0 aliphatic rings. The monoisotopic (exact) mass is 455 g/mol. The molecule has 8 nitrogen and oxygen atoms in total. The molecule has 0 saturated carbocycles. The molecule has 1 N–H and O–H groups in total. The smallest absolute Gasteiger partial charge is 0.307 e. The molecular weight excluding hydrogens is 437 g/mol. The normalized spacial score (nSPS) is 11.5. The Morgan fingerprint density at radius 1 is 1.03 bits per heavy atom. The number of fused-ring (bicyclic) bond motifs is 1. The number of halogens is 1. The standard InChI is InChI=1S/C22H18FN3O5S/c23-18-8-5-16(6-9-18)22-25-20(31-26-22)14-30-21(27)11-12-24-32(28,29)19-10-7-15-3-1-2-4-17(15)13-19/h1-10,13,24H,11-12,14H2. The van der Waals surface area contributed by atoms with Crippen LogP contribution in [0.1, 0.15) is 12.3 Å². The molecule has 0 radical (unpaired) electrons. The summed E-state index contributed by atoms with van der Waals surface area (Å²) in [5, 5.41) is 5.48. The molecule has 0 aliphatic carbocycles. The highest BCUT2D eigenvalue weighted by Crippen LogP contribution is 2.19. The first-order valence-electron chi connectivity index (χ1n) is 9.63. The summed E-state index contributed by atoms with van der Waals surface area (Å²) in [6.45, 7) is -0.386. The highest BCUT2D eigenvalue weighted by Gasteiger charge is 2.16. The van der Waals surface area contributed by atoms with Crippen molar-refractivity contribution in [1.29, 1.82) is 0 Å². The lowest BCUT2D eigenvalue weighted by molar-refractivity contribution is -0.145. The topological polar surface area (TPSA) is 111 Å². The van der Waals surface area contributed by atoms with Crippen molar-refractivity contribution in [2.45, 2.75) is 17.9 Å². The van der Waals surface area contributed by atoms with Crippen LogP contribution < -0.4 is 4.72 Å². The summed E-state index contributed by atoms with van der Waals surface area (Å²) in [6.07, 6.45) is -0.175. The number of rotatable bonds is 8. The van der Waals surface area contributed by atoms with E-state index in [0.29, 0.717) is 5.56 Å². The number of benzene rings is 3. The predicted molar refractivity (Wildman–Crippen MR) is 113 cm³/mol. The van der Waals surface area contributed by atoms with Crippen molar-refractivity contribution < 1.29 is 26.9 Å². The number of esters is 1. The van der Waals surface area contributed by atoms with Gasteiger partial charge in [-0.1, -0.05) is 35.5 Å². The van der Waals surface area contributed by atoms with E-state index < -0.39 is 16.0 Å². The minimum Gasteiger partial charge on any atom is -0.456 e. The molecule has 0 unspecified atom stereocenters. The fourth-order valence-corrected chi connectivity index (χ4v) is 4.02. The number of sulfonamides is 1. The molecule has 10 heteroatoms. The third-order valence-electron chi connectivity index (χ3n) is 4.58. The molecule has 32 heavy (non-hydrogen) atoms. The van der Waals surface area contributed by atoms with Crippen LogP contribution >= 0.6 is 0 Å². The van der Waals surface area contributed by atoms with Crippen molar-refractivity contribution in [1.82, 2.24) is 14.9 Å². The fraction of sp³-hybridized carbons (Fsp3) is 0.136. The van der Waals surface area contributed by atoms with Crippen LogP contribution in [0.25, 0.3) is 22.2 Å². The Bertz CT molecular complexity index is 1350. The Morgan fingerprint density at radius 2 is 1.78 bits per heavy atom. The van der Waals surface area contributed by atoms with E-state index in [9.17, 15) is 17.6 Å². The van der Waals surface area contributed by atoms with E-state index in [4.69, 9.17) is 9.26 Å². The average Bonchev–Trinajstić information content (AvgIpc) is 3.27. The van der Waals surface area contributed by atoms with E-state index in [2.05, 4.69) is 14.9 Å². The first-order valence-corrected chi connectivity index (χ1v) is 11.1. The number of aromatic nitrogens is 2. The number of nitrogens with one attached hydrogen (secondary N) is 1. The van der Waals surface area contributed by atoms with Gasteiger partial charge in [-0.2, -0.15) is 4.98 Å². The largest absolute Gasteiger partial charge is 0.456 e. The van der Waals surface area contributed by atoms with Crippen LogP contribution in [0.5, 0.6) is 0 Å². The Kier molecular flexibility index (Phi) is 6.24. The molecule has 0 atom stereocenters. The molecule has 4 aromatic rings. The molecule has 0 amide bonds. The second-order valence-electron chi connectivity index (χ2n) is 6.84. The molecule has 0 fully saturated rings. The van der Waals surface area contributed by atoms with E-state index in [1.807, 2.05) is 24.3 Å². The lowest BCUT2D eigenvalue weighted by atomic mass is 10.1. The second-order valence-corrected chi connectivity index (χ2v) is 8.60. The van der Waals surface area contributed by atoms with Crippen LogP contribution in [0.3, 0.4) is 0 Å². The summed E-state index contributed by atoms with van der Waals surface area (Å²) in [6, 6.07) is 17.8. The van der Waals surface area contributed by atoms with Crippen molar-refractivity contribution in [3.63, 3.8) is 0 Å². The molecule has 1 aromatic heterocycles. The van der Waals surface area contributed by atoms with E-state index in [-0.39, 0.29) is 42.0 Å². The van der Waals surface area contributed by atoms with E-state index in [0.717, 1.165) is 10.8 Å². The van der Waals surface area contributed by atoms with Gasteiger partial charge in [0.2, 0.25) is 15.8 Å². The lowest BCUT2D eigenvalue weighted by Crippen LogP contribution is -2.26. The van der Waals surface area contributed by atoms with Crippen LogP contribution in [-0.2, 0) is 26.2 Å². The van der Waals surface area contributed by atoms with Gasteiger partial charge in [-0.05, 0) is 47.2 Å². The number of carbonyl (C=O) groups excluding carboxylic acids is 1. The van der Waals surface area contributed by atoms with Crippen LogP contribution in [0.15, 0.2) is 76.1 Å². The summed E-state index contributed by atoms with van der Waals surface area (Å²) >= 11 is 0. The maximum absolute atomic E-state index is 13.0. The van der Waals surface area contributed by atoms with Gasteiger partial charge in [0.25, 0.3) is 5.89 Å². The number of carbonyl (C=O) groups is 1. The summed E-state index contributed by atoms with van der Waals surface area (Å²) in [5.74, 6) is -0.719. The molecule has 0 saturated heterocycles. The Hall–Kier alpha value is -3.63. The zero-order chi connectivity index (χ0) is 22.6. The zero-order valence-electron chi connectivity index (χ0n) is 16.7. The predicted octanol–water partition coefficient (Wildman–Crippen LogP) is 3.44. The molecule has 0 spiro atoms. The van der Waals surface area contributed by atoms with Gasteiger partial charge < -0.3 is 9.26 Å². The van der Waals surface area contributed by atoms with Crippen molar-refractivity contribution >= 4 is 26.8 Å². The summed E-state index contributed by atoms with van der Waals surface area (Å²) in [5.41, 5.74) is 0.552. The fourth-order valence-electron chi connectivity index (χ4n) is 2.95. The minimum absolute atomic E-state index is 0.0643. The van der Waals surface area contributed by atoms with Gasteiger partial charge in [-0.15, -0.1) is 0 Å². The molecule has 164 valence electrons. The second kappa shape index (κ2) is 9.25. The number of hydrogen-bond donors (Lipinski definition) is 1. The van der Waals surface area contributed by atoms with Crippen LogP contribution in [0.4, 0.5) is 4.39 Å². The third kappa shape index (κ3) is 5.16. The zero-order valence-corrected chi connectivity index (χ0v) is 17.5. The maximum Gasteiger partial charge on any atom is 0.307 e. The van der Waals surface area contributed by atoms with Crippen LogP contribution in [-0.4, -0.2) is 31.1 Å². The van der Waals surface area contributed by atoms with Gasteiger partial charge in [-0.25, -0.2) is 17.5 Å². The average molecular weight is 455 g/mol. The van der Waals surface area contributed by atoms with Crippen molar-refractivity contribution in [3.8, 4) is 11.4 Å². The summed E-state index contributed by atoms with van der Waals surface area (Å²) in [7, 11) is -3.77. The van der Waals surface area contributed by atoms with Gasteiger partial charge in [0.15, 0.2) is 6.61 Å². The van der Waals surface area contributed by atoms with E-state index in [1.165, 1.54) is 30.3 Å². The van der Waals surface area contributed by atoms with Crippen LogP contribution in [0, 0.1) is 5.82 Å². The third-order valence-corrected chi connectivity index (χ3v) is 6.04. The molecule has 0 bridgehead atoms. The highest BCUT2D eigenvalue weighted by molar-refractivity contribution is 7.89. The molecule has 1 heterocycles. The molecule has 4 rings (SSSR count). The number of nitrogens with zero attached hydrogens (tertiary/aromatic N) is 2. The Balaban J connectivity index is 1.27. The number of ether oxygens (including phenoxy) is 1. The van der Waals surface area contributed by atoms with Gasteiger partial charge >= 0.3 is 5.97 Å². The summed E-state index contributed by atoms with van der Waals surface area (Å²) < 4.78 is 50.4. The number of hydrogen-bond acceptors (Lipinski definition) is 7. The maximum atomic E-state index is 13.0. The first kappa shape index (κ1) is 21.6. The quantitative estimate of drug-likeness (QED) is 0.405. The SMILES string of the molecule is O=C(CCNS(=O)(=O)c1ccc2ccccc2c1)OCc1nc(-c2ccc(F)cc2)no1. The highest BCUT2D eigenvalue weighted by atomic mass is 32.2. The lowest BCUT2D eigenvalue weighted by Gasteiger charge is -2.08. The first-order chi connectivity index (χ1) is 15.4. The summed E-state index contributed by atoms with van der Waals surface area (Å²) in [4.78, 5) is 16.1. The van der Waals surface area contributed by atoms with Crippen molar-refractivity contribution in [2.75, 3.05) is 6.54 Å². The Morgan fingerprint density at radius 3 is 2.56 bits per heavy atom. The van der Waals surface area contributed by atoms with E-state index >= 15 is 0 Å². The van der Waals surface area contributed by atoms with Gasteiger partial charge in [0, 0.05) is 12.1 Å². The molecule has 3 aromatic carbocycles. The minimum atomic E-state index is -3.77. The van der Waals surface area contributed by atoms with Crippen molar-refractivity contribution in [3.05, 3.63) is 78.4 Å². The molecular formula is C22H18FN3O5S. The van der Waals surface area contributed by atoms with E-state index in [1.54, 1.807) is 12.1 Å². The van der Waals surface area contributed by atoms with Gasteiger partial charge in [-0.3, -0.25) is 4.79 Å². The van der Waals surface area contributed by atoms with Gasteiger partial charge in [0.1, 0.15) is 5.82 Å². The van der Waals surface area contributed by atoms with Crippen LogP contribution in [0.2, 0.25) is 0 Å². The van der Waals surface area contributed by atoms with Gasteiger partial charge in [0.05, 0.1) is 11.3 Å². The Labute approximate surface area is 183 Å². The molecule has 0 aliphatic heterocycles.